The van der Waals surface area contributed by atoms with E-state index in [-0.39, 0.29) is 5.25 Å². The lowest BCUT2D eigenvalue weighted by atomic mass is 10.3. The SMILES string of the molecule is COCCC(C)S(=O)c1cc(F)ccc1N. The van der Waals surface area contributed by atoms with E-state index in [2.05, 4.69) is 0 Å². The molecule has 0 spiro atoms. The molecule has 0 radical (unpaired) electrons. The van der Waals surface area contributed by atoms with Crippen molar-refractivity contribution in [2.45, 2.75) is 23.5 Å². The standard InChI is InChI=1S/C11H16FNO2S/c1-8(5-6-15-2)16(14)11-7-9(12)3-4-10(11)13/h3-4,7-8H,5-6,13H2,1-2H3. The van der Waals surface area contributed by atoms with Crippen LogP contribution in [0.1, 0.15) is 13.3 Å². The lowest BCUT2D eigenvalue weighted by Crippen LogP contribution is -2.15. The molecular weight excluding hydrogens is 229 g/mol. The lowest BCUT2D eigenvalue weighted by Gasteiger charge is -2.12. The molecule has 0 aliphatic heterocycles. The van der Waals surface area contributed by atoms with Crippen LogP contribution in [0.25, 0.3) is 0 Å². The molecule has 2 atom stereocenters. The Morgan fingerprint density at radius 1 is 1.56 bits per heavy atom. The second-order valence-electron chi connectivity index (χ2n) is 3.57. The molecule has 2 N–H and O–H groups in total. The Labute approximate surface area is 97.2 Å². The van der Waals surface area contributed by atoms with Gasteiger partial charge in [0.1, 0.15) is 5.82 Å². The van der Waals surface area contributed by atoms with Crippen molar-refractivity contribution >= 4 is 16.5 Å². The Kier molecular flexibility index (Phi) is 4.89. The lowest BCUT2D eigenvalue weighted by molar-refractivity contribution is 0.195. The Morgan fingerprint density at radius 2 is 2.25 bits per heavy atom. The second kappa shape index (κ2) is 5.96. The number of hydrogen-bond acceptors (Lipinski definition) is 3. The first-order chi connectivity index (χ1) is 7.56. The van der Waals surface area contributed by atoms with Gasteiger partial charge in [-0.05, 0) is 24.6 Å². The van der Waals surface area contributed by atoms with Crippen LogP contribution in [0.5, 0.6) is 0 Å². The molecular formula is C11H16FNO2S. The zero-order chi connectivity index (χ0) is 12.1. The van der Waals surface area contributed by atoms with Gasteiger partial charge in [-0.3, -0.25) is 4.21 Å². The fraction of sp³-hybridized carbons (Fsp3) is 0.455. The van der Waals surface area contributed by atoms with Crippen molar-refractivity contribution in [3.63, 3.8) is 0 Å². The number of benzene rings is 1. The van der Waals surface area contributed by atoms with Crippen LogP contribution in [0.2, 0.25) is 0 Å². The third-order valence-corrected chi connectivity index (χ3v) is 4.04. The molecule has 0 heterocycles. The van der Waals surface area contributed by atoms with Crippen LogP contribution in [0.3, 0.4) is 0 Å². The van der Waals surface area contributed by atoms with Gasteiger partial charge in [-0.1, -0.05) is 6.92 Å². The Bertz CT molecular complexity index is 384. The molecule has 0 saturated carbocycles. The highest BCUT2D eigenvalue weighted by Crippen LogP contribution is 2.21. The zero-order valence-corrected chi connectivity index (χ0v) is 10.2. The summed E-state index contributed by atoms with van der Waals surface area (Å²) in [5.74, 6) is -0.420. The summed E-state index contributed by atoms with van der Waals surface area (Å²) in [6.45, 7) is 2.36. The normalized spacial score (nSPS) is 14.7. The highest BCUT2D eigenvalue weighted by Gasteiger charge is 2.16. The summed E-state index contributed by atoms with van der Waals surface area (Å²) >= 11 is 0. The maximum absolute atomic E-state index is 13.0. The van der Waals surface area contributed by atoms with Crippen LogP contribution in [0.4, 0.5) is 10.1 Å². The van der Waals surface area contributed by atoms with Crippen LogP contribution < -0.4 is 5.73 Å². The van der Waals surface area contributed by atoms with Crippen molar-refractivity contribution in [3.8, 4) is 0 Å². The van der Waals surface area contributed by atoms with E-state index >= 15 is 0 Å². The van der Waals surface area contributed by atoms with E-state index in [0.29, 0.717) is 23.6 Å². The molecule has 0 fully saturated rings. The van der Waals surface area contributed by atoms with Gasteiger partial charge in [0.05, 0.1) is 15.7 Å². The smallest absolute Gasteiger partial charge is 0.124 e. The first kappa shape index (κ1) is 13.1. The average molecular weight is 245 g/mol. The van der Waals surface area contributed by atoms with Gasteiger partial charge in [0.15, 0.2) is 0 Å². The summed E-state index contributed by atoms with van der Waals surface area (Å²) in [5, 5.41) is -0.107. The second-order valence-corrected chi connectivity index (χ2v) is 5.41. The number of halogens is 1. The van der Waals surface area contributed by atoms with E-state index in [1.54, 1.807) is 7.11 Å². The summed E-state index contributed by atoms with van der Waals surface area (Å²) in [4.78, 5) is 0.364. The molecule has 90 valence electrons. The topological polar surface area (TPSA) is 52.3 Å². The maximum atomic E-state index is 13.0. The van der Waals surface area contributed by atoms with Gasteiger partial charge < -0.3 is 10.5 Å². The van der Waals surface area contributed by atoms with Crippen molar-refractivity contribution in [1.29, 1.82) is 0 Å². The predicted molar refractivity (Wildman–Crippen MR) is 63.2 cm³/mol. The van der Waals surface area contributed by atoms with E-state index in [1.165, 1.54) is 18.2 Å². The molecule has 0 aliphatic rings. The predicted octanol–water partition coefficient (Wildman–Crippen LogP) is 1.94. The van der Waals surface area contributed by atoms with E-state index in [4.69, 9.17) is 10.5 Å². The average Bonchev–Trinajstić information content (AvgIpc) is 2.28. The Hall–Kier alpha value is -0.940. The molecule has 2 unspecified atom stereocenters. The van der Waals surface area contributed by atoms with Gasteiger partial charge in [-0.25, -0.2) is 4.39 Å². The third-order valence-electron chi connectivity index (χ3n) is 2.29. The summed E-state index contributed by atoms with van der Waals surface area (Å²) in [7, 11) is 0.293. The van der Waals surface area contributed by atoms with Crippen LogP contribution in [-0.2, 0) is 15.5 Å². The van der Waals surface area contributed by atoms with E-state index in [1.807, 2.05) is 6.92 Å². The fourth-order valence-electron chi connectivity index (χ4n) is 1.29. The van der Waals surface area contributed by atoms with Crippen LogP contribution in [-0.4, -0.2) is 23.2 Å². The molecule has 16 heavy (non-hydrogen) atoms. The van der Waals surface area contributed by atoms with Crippen molar-refractivity contribution in [2.24, 2.45) is 0 Å². The van der Waals surface area contributed by atoms with Gasteiger partial charge in [0.25, 0.3) is 0 Å². The highest BCUT2D eigenvalue weighted by atomic mass is 32.2. The number of nitrogens with two attached hydrogens (primary N) is 1. The van der Waals surface area contributed by atoms with Gasteiger partial charge in [0, 0.05) is 24.7 Å². The minimum absolute atomic E-state index is 0.107. The van der Waals surface area contributed by atoms with Crippen molar-refractivity contribution in [2.75, 3.05) is 19.5 Å². The van der Waals surface area contributed by atoms with E-state index < -0.39 is 16.6 Å². The number of rotatable bonds is 5. The summed E-state index contributed by atoms with van der Waals surface area (Å²) in [6, 6.07) is 3.93. The Morgan fingerprint density at radius 3 is 2.88 bits per heavy atom. The molecule has 0 saturated heterocycles. The number of ether oxygens (including phenoxy) is 1. The summed E-state index contributed by atoms with van der Waals surface area (Å²) in [6.07, 6.45) is 0.652. The summed E-state index contributed by atoms with van der Waals surface area (Å²) in [5.41, 5.74) is 6.03. The van der Waals surface area contributed by atoms with Crippen molar-refractivity contribution < 1.29 is 13.3 Å². The minimum Gasteiger partial charge on any atom is -0.398 e. The molecule has 3 nitrogen and oxygen atoms in total. The number of nitrogen functional groups attached to an aromatic ring is 1. The number of anilines is 1. The minimum atomic E-state index is -1.30. The van der Waals surface area contributed by atoms with Crippen LogP contribution in [0, 0.1) is 5.82 Å². The molecule has 0 amide bonds. The van der Waals surface area contributed by atoms with Gasteiger partial charge in [-0.2, -0.15) is 0 Å². The molecule has 1 aromatic carbocycles. The third kappa shape index (κ3) is 3.28. The number of methoxy groups -OCH3 is 1. The molecule has 0 aliphatic carbocycles. The quantitative estimate of drug-likeness (QED) is 0.807. The zero-order valence-electron chi connectivity index (χ0n) is 9.40. The van der Waals surface area contributed by atoms with Gasteiger partial charge in [-0.15, -0.1) is 0 Å². The van der Waals surface area contributed by atoms with Crippen molar-refractivity contribution in [3.05, 3.63) is 24.0 Å². The van der Waals surface area contributed by atoms with Gasteiger partial charge >= 0.3 is 0 Å². The molecule has 1 rings (SSSR count). The Balaban J connectivity index is 2.83. The molecule has 0 bridgehead atoms. The van der Waals surface area contributed by atoms with Gasteiger partial charge in [0.2, 0.25) is 0 Å². The number of hydrogen-bond donors (Lipinski definition) is 1. The van der Waals surface area contributed by atoms with Crippen molar-refractivity contribution in [1.82, 2.24) is 0 Å². The van der Waals surface area contributed by atoms with E-state index in [0.717, 1.165) is 0 Å². The van der Waals surface area contributed by atoms with Crippen LogP contribution >= 0.6 is 0 Å². The fourth-order valence-corrected chi connectivity index (χ4v) is 2.56. The highest BCUT2D eigenvalue weighted by molar-refractivity contribution is 7.85. The maximum Gasteiger partial charge on any atom is 0.124 e. The molecule has 0 aromatic heterocycles. The monoisotopic (exact) mass is 245 g/mol. The molecule has 1 aromatic rings. The largest absolute Gasteiger partial charge is 0.398 e. The van der Waals surface area contributed by atoms with E-state index in [9.17, 15) is 8.60 Å². The first-order valence-corrected chi connectivity index (χ1v) is 6.22. The molecule has 5 heteroatoms. The summed E-state index contributed by atoms with van der Waals surface area (Å²) < 4.78 is 30.0. The first-order valence-electron chi connectivity index (χ1n) is 5.00. The van der Waals surface area contributed by atoms with Crippen LogP contribution in [0.15, 0.2) is 23.1 Å².